The van der Waals surface area contributed by atoms with Gasteiger partial charge in [0.2, 0.25) is 0 Å². The van der Waals surface area contributed by atoms with Gasteiger partial charge in [-0.25, -0.2) is 0 Å². The molecule has 2 rings (SSSR count). The van der Waals surface area contributed by atoms with Gasteiger partial charge in [-0.15, -0.1) is 0 Å². The van der Waals surface area contributed by atoms with Crippen molar-refractivity contribution in [3.05, 3.63) is 18.0 Å². The van der Waals surface area contributed by atoms with Gasteiger partial charge in [-0.05, 0) is 30.2 Å². The first-order valence-corrected chi connectivity index (χ1v) is 5.80. The molecule has 4 nitrogen and oxygen atoms in total. The number of aliphatic carboxylic acids is 1. The second-order valence-corrected chi connectivity index (χ2v) is 5.11. The Hall–Kier alpha value is -1.32. The highest BCUT2D eigenvalue weighted by atomic mass is 16.4. The van der Waals surface area contributed by atoms with E-state index in [0.717, 1.165) is 24.9 Å². The highest BCUT2D eigenvalue weighted by Gasteiger charge is 2.42. The SMILES string of the molecule is CC(C)Cn1cc(C[C@H]2C[C@@H]2C(=O)O)cn1. The van der Waals surface area contributed by atoms with Crippen molar-refractivity contribution in [1.29, 1.82) is 0 Å². The molecule has 1 saturated carbocycles. The molecule has 0 spiro atoms. The molecular weight excluding hydrogens is 204 g/mol. The average molecular weight is 222 g/mol. The van der Waals surface area contributed by atoms with E-state index in [2.05, 4.69) is 18.9 Å². The summed E-state index contributed by atoms with van der Waals surface area (Å²) in [6.07, 6.45) is 5.58. The average Bonchev–Trinajstić information content (AvgIpc) is 2.80. The molecule has 0 radical (unpaired) electrons. The van der Waals surface area contributed by atoms with Gasteiger partial charge in [-0.1, -0.05) is 13.8 Å². The molecule has 0 aromatic carbocycles. The fourth-order valence-corrected chi connectivity index (χ4v) is 2.06. The summed E-state index contributed by atoms with van der Waals surface area (Å²) in [5, 5.41) is 13.1. The lowest BCUT2D eigenvalue weighted by Crippen LogP contribution is -2.04. The standard InChI is InChI=1S/C12H18N2O2/c1-8(2)6-14-7-9(5-13-14)3-10-4-11(10)12(15)16/h5,7-8,10-11H,3-4,6H2,1-2H3,(H,15,16)/t10-,11-/m0/s1. The van der Waals surface area contributed by atoms with E-state index in [1.165, 1.54) is 0 Å². The molecule has 1 aliphatic carbocycles. The molecule has 4 heteroatoms. The molecule has 0 amide bonds. The third kappa shape index (κ3) is 2.62. The Morgan fingerprint density at radius 3 is 3.00 bits per heavy atom. The van der Waals surface area contributed by atoms with E-state index >= 15 is 0 Å². The van der Waals surface area contributed by atoms with Gasteiger partial charge in [0.25, 0.3) is 0 Å². The summed E-state index contributed by atoms with van der Waals surface area (Å²) in [6.45, 7) is 5.23. The van der Waals surface area contributed by atoms with Crippen LogP contribution in [-0.4, -0.2) is 20.9 Å². The number of carboxylic acid groups (broad SMARTS) is 1. The number of carbonyl (C=O) groups is 1. The Bertz CT molecular complexity index is 384. The minimum Gasteiger partial charge on any atom is -0.481 e. The third-order valence-electron chi connectivity index (χ3n) is 2.98. The first kappa shape index (κ1) is 11.2. The molecule has 1 aromatic heterocycles. The summed E-state index contributed by atoms with van der Waals surface area (Å²) >= 11 is 0. The molecule has 1 N–H and O–H groups in total. The summed E-state index contributed by atoms with van der Waals surface area (Å²) in [6, 6.07) is 0. The molecule has 0 aliphatic heterocycles. The zero-order chi connectivity index (χ0) is 11.7. The third-order valence-corrected chi connectivity index (χ3v) is 2.98. The van der Waals surface area contributed by atoms with Crippen LogP contribution in [0.2, 0.25) is 0 Å². The van der Waals surface area contributed by atoms with E-state index in [4.69, 9.17) is 5.11 Å². The van der Waals surface area contributed by atoms with Gasteiger partial charge < -0.3 is 5.11 Å². The molecule has 0 saturated heterocycles. The smallest absolute Gasteiger partial charge is 0.306 e. The van der Waals surface area contributed by atoms with Crippen LogP contribution in [-0.2, 0) is 17.8 Å². The van der Waals surface area contributed by atoms with Crippen molar-refractivity contribution in [2.24, 2.45) is 17.8 Å². The van der Waals surface area contributed by atoms with E-state index in [-0.39, 0.29) is 5.92 Å². The minimum atomic E-state index is -0.653. The first-order chi connectivity index (χ1) is 7.56. The topological polar surface area (TPSA) is 55.1 Å². The van der Waals surface area contributed by atoms with Crippen LogP contribution in [0.25, 0.3) is 0 Å². The maximum atomic E-state index is 10.7. The number of aromatic nitrogens is 2. The van der Waals surface area contributed by atoms with Gasteiger partial charge in [-0.3, -0.25) is 9.48 Å². The number of rotatable bonds is 5. The maximum Gasteiger partial charge on any atom is 0.306 e. The summed E-state index contributed by atoms with van der Waals surface area (Å²) in [5.74, 6) is 0.141. The summed E-state index contributed by atoms with van der Waals surface area (Å²) < 4.78 is 1.94. The Balaban J connectivity index is 1.87. The van der Waals surface area contributed by atoms with Crippen molar-refractivity contribution in [2.75, 3.05) is 0 Å². The Labute approximate surface area is 95.3 Å². The van der Waals surface area contributed by atoms with Crippen molar-refractivity contribution in [2.45, 2.75) is 33.2 Å². The van der Waals surface area contributed by atoms with Gasteiger partial charge in [0, 0.05) is 12.7 Å². The highest BCUT2D eigenvalue weighted by Crippen LogP contribution is 2.41. The quantitative estimate of drug-likeness (QED) is 0.826. The van der Waals surface area contributed by atoms with Crippen molar-refractivity contribution in [3.63, 3.8) is 0 Å². The fraction of sp³-hybridized carbons (Fsp3) is 0.667. The van der Waals surface area contributed by atoms with Crippen molar-refractivity contribution < 1.29 is 9.90 Å². The molecule has 0 bridgehead atoms. The Morgan fingerprint density at radius 2 is 2.44 bits per heavy atom. The predicted molar refractivity (Wildman–Crippen MR) is 60.0 cm³/mol. The molecule has 1 aliphatic rings. The second-order valence-electron chi connectivity index (χ2n) is 5.11. The van der Waals surface area contributed by atoms with Crippen molar-refractivity contribution in [1.82, 2.24) is 9.78 Å². The number of nitrogens with zero attached hydrogens (tertiary/aromatic N) is 2. The lowest BCUT2D eigenvalue weighted by Gasteiger charge is -2.03. The van der Waals surface area contributed by atoms with E-state index in [1.54, 1.807) is 0 Å². The van der Waals surface area contributed by atoms with Gasteiger partial charge in [-0.2, -0.15) is 5.10 Å². The van der Waals surface area contributed by atoms with Crippen LogP contribution in [0.3, 0.4) is 0 Å². The molecule has 1 fully saturated rings. The van der Waals surface area contributed by atoms with E-state index < -0.39 is 5.97 Å². The molecule has 1 aromatic rings. The van der Waals surface area contributed by atoms with Crippen LogP contribution in [0.4, 0.5) is 0 Å². The summed E-state index contributed by atoms with van der Waals surface area (Å²) in [4.78, 5) is 10.7. The Kier molecular flexibility index (Phi) is 2.99. The van der Waals surface area contributed by atoms with Crippen LogP contribution in [0, 0.1) is 17.8 Å². The van der Waals surface area contributed by atoms with Crippen molar-refractivity contribution in [3.8, 4) is 0 Å². The van der Waals surface area contributed by atoms with Crippen LogP contribution in [0.5, 0.6) is 0 Å². The molecule has 1 heterocycles. The Morgan fingerprint density at radius 1 is 1.69 bits per heavy atom. The van der Waals surface area contributed by atoms with Crippen molar-refractivity contribution >= 4 is 5.97 Å². The van der Waals surface area contributed by atoms with Gasteiger partial charge in [0.15, 0.2) is 0 Å². The number of hydrogen-bond acceptors (Lipinski definition) is 2. The van der Waals surface area contributed by atoms with Crippen LogP contribution in [0.1, 0.15) is 25.8 Å². The normalized spacial score (nSPS) is 23.7. The zero-order valence-corrected chi connectivity index (χ0v) is 9.76. The number of hydrogen-bond donors (Lipinski definition) is 1. The molecular formula is C12H18N2O2. The monoisotopic (exact) mass is 222 g/mol. The summed E-state index contributed by atoms with van der Waals surface area (Å²) in [5.41, 5.74) is 1.16. The van der Waals surface area contributed by atoms with Crippen LogP contribution in [0.15, 0.2) is 12.4 Å². The highest BCUT2D eigenvalue weighted by molar-refractivity contribution is 5.73. The second kappa shape index (κ2) is 4.28. The number of carboxylic acids is 1. The molecule has 0 unspecified atom stereocenters. The van der Waals surface area contributed by atoms with Gasteiger partial charge in [0.05, 0.1) is 12.1 Å². The summed E-state index contributed by atoms with van der Waals surface area (Å²) in [7, 11) is 0. The van der Waals surface area contributed by atoms with E-state index in [9.17, 15) is 4.79 Å². The van der Waals surface area contributed by atoms with Gasteiger partial charge in [0.1, 0.15) is 0 Å². The lowest BCUT2D eigenvalue weighted by atomic mass is 10.1. The first-order valence-electron chi connectivity index (χ1n) is 5.80. The maximum absolute atomic E-state index is 10.7. The molecule has 16 heavy (non-hydrogen) atoms. The predicted octanol–water partition coefficient (Wildman–Crippen LogP) is 1.80. The van der Waals surface area contributed by atoms with Crippen LogP contribution < -0.4 is 0 Å². The molecule has 88 valence electrons. The zero-order valence-electron chi connectivity index (χ0n) is 9.76. The van der Waals surface area contributed by atoms with Crippen LogP contribution >= 0.6 is 0 Å². The van der Waals surface area contributed by atoms with Gasteiger partial charge >= 0.3 is 5.97 Å². The van der Waals surface area contributed by atoms with E-state index in [0.29, 0.717) is 11.8 Å². The van der Waals surface area contributed by atoms with E-state index in [1.807, 2.05) is 17.1 Å². The molecule has 2 atom stereocenters. The lowest BCUT2D eigenvalue weighted by molar-refractivity contribution is -0.138. The minimum absolute atomic E-state index is 0.117. The largest absolute Gasteiger partial charge is 0.481 e. The fourth-order valence-electron chi connectivity index (χ4n) is 2.06.